The lowest BCUT2D eigenvalue weighted by Crippen LogP contribution is -2.47. The third-order valence-electron chi connectivity index (χ3n) is 4.99. The van der Waals surface area contributed by atoms with Gasteiger partial charge in [-0.3, -0.25) is 14.9 Å². The van der Waals surface area contributed by atoms with Gasteiger partial charge in [-0.15, -0.1) is 6.58 Å². The van der Waals surface area contributed by atoms with Gasteiger partial charge in [0.05, 0.1) is 7.11 Å². The minimum absolute atomic E-state index is 0.0790. The number of carbonyl (C=O) groups is 2. The number of carbonyl (C=O) groups excluding carboxylic acids is 2. The SMILES string of the molecule is C=CCc1ccc(OCC(=O)NCCCNC(=O)C2=CC(C)(C)NC2(C)C)c(OC)c1. The topological polar surface area (TPSA) is 88.7 Å². The molecule has 0 aromatic heterocycles. The van der Waals surface area contributed by atoms with Crippen molar-refractivity contribution < 1.29 is 19.1 Å². The number of rotatable bonds is 11. The summed E-state index contributed by atoms with van der Waals surface area (Å²) in [7, 11) is 1.56. The molecule has 7 nitrogen and oxygen atoms in total. The van der Waals surface area contributed by atoms with Gasteiger partial charge in [0.1, 0.15) is 0 Å². The van der Waals surface area contributed by atoms with E-state index in [4.69, 9.17) is 9.47 Å². The number of ether oxygens (including phenoxy) is 2. The second-order valence-corrected chi connectivity index (χ2v) is 8.76. The molecule has 1 heterocycles. The van der Waals surface area contributed by atoms with E-state index in [1.165, 1.54) is 0 Å². The number of benzene rings is 1. The van der Waals surface area contributed by atoms with Gasteiger partial charge in [0.25, 0.3) is 5.91 Å². The zero-order valence-electron chi connectivity index (χ0n) is 19.3. The summed E-state index contributed by atoms with van der Waals surface area (Å²) in [6, 6.07) is 5.57. The van der Waals surface area contributed by atoms with Crippen molar-refractivity contribution >= 4 is 11.8 Å². The average Bonchev–Trinajstić information content (AvgIpc) is 2.93. The number of amides is 2. The van der Waals surface area contributed by atoms with Crippen LogP contribution in [-0.2, 0) is 16.0 Å². The Balaban J connectivity index is 1.70. The van der Waals surface area contributed by atoms with Gasteiger partial charge < -0.3 is 20.1 Å². The predicted molar refractivity (Wildman–Crippen MR) is 122 cm³/mol. The molecule has 0 unspecified atom stereocenters. The van der Waals surface area contributed by atoms with Crippen LogP contribution < -0.4 is 25.4 Å². The normalized spacial score (nSPS) is 16.2. The van der Waals surface area contributed by atoms with Crippen LogP contribution in [0.2, 0.25) is 0 Å². The van der Waals surface area contributed by atoms with E-state index in [0.717, 1.165) is 17.6 Å². The van der Waals surface area contributed by atoms with Gasteiger partial charge in [-0.25, -0.2) is 0 Å². The maximum atomic E-state index is 12.5. The summed E-state index contributed by atoms with van der Waals surface area (Å²) in [6.07, 6.45) is 5.15. The first-order chi connectivity index (χ1) is 14.6. The summed E-state index contributed by atoms with van der Waals surface area (Å²) in [4.78, 5) is 24.5. The fraction of sp³-hybridized carbons (Fsp3) is 0.500. The minimum atomic E-state index is -0.371. The Hall–Kier alpha value is -2.80. The quantitative estimate of drug-likeness (QED) is 0.372. The van der Waals surface area contributed by atoms with E-state index < -0.39 is 0 Å². The molecular weight excluding hydrogens is 394 g/mol. The van der Waals surface area contributed by atoms with Gasteiger partial charge in [0.15, 0.2) is 18.1 Å². The first kappa shape index (κ1) is 24.5. The van der Waals surface area contributed by atoms with Gasteiger partial charge in [0, 0.05) is 29.7 Å². The van der Waals surface area contributed by atoms with E-state index in [1.54, 1.807) is 13.2 Å². The summed E-state index contributed by atoms with van der Waals surface area (Å²) in [5.74, 6) is 0.789. The van der Waals surface area contributed by atoms with Crippen LogP contribution in [0.3, 0.4) is 0 Å². The number of nitrogens with one attached hydrogen (secondary N) is 3. The third-order valence-corrected chi connectivity index (χ3v) is 4.99. The highest BCUT2D eigenvalue weighted by atomic mass is 16.5. The van der Waals surface area contributed by atoms with E-state index in [-0.39, 0.29) is 29.5 Å². The molecular formula is C24H35N3O4. The Bertz CT molecular complexity index is 843. The fourth-order valence-corrected chi connectivity index (χ4v) is 3.73. The van der Waals surface area contributed by atoms with Gasteiger partial charge in [-0.05, 0) is 58.2 Å². The third kappa shape index (κ3) is 7.14. The Kier molecular flexibility index (Phi) is 8.28. The molecule has 7 heteroatoms. The van der Waals surface area contributed by atoms with Crippen molar-refractivity contribution in [2.45, 2.75) is 51.6 Å². The summed E-state index contributed by atoms with van der Waals surface area (Å²) in [5.41, 5.74) is 1.22. The van der Waals surface area contributed by atoms with E-state index in [1.807, 2.05) is 52.0 Å². The molecule has 0 aliphatic carbocycles. The highest BCUT2D eigenvalue weighted by molar-refractivity contribution is 5.96. The molecule has 3 N–H and O–H groups in total. The Morgan fingerprint density at radius 3 is 2.45 bits per heavy atom. The number of allylic oxidation sites excluding steroid dienone is 1. The fourth-order valence-electron chi connectivity index (χ4n) is 3.73. The first-order valence-electron chi connectivity index (χ1n) is 10.6. The number of hydrogen-bond donors (Lipinski definition) is 3. The second-order valence-electron chi connectivity index (χ2n) is 8.76. The van der Waals surface area contributed by atoms with Gasteiger partial charge >= 0.3 is 0 Å². The van der Waals surface area contributed by atoms with Crippen LogP contribution in [-0.4, -0.2) is 49.7 Å². The molecule has 0 spiro atoms. The van der Waals surface area contributed by atoms with Gasteiger partial charge in [-0.2, -0.15) is 0 Å². The first-order valence-corrected chi connectivity index (χ1v) is 10.6. The Morgan fingerprint density at radius 1 is 1.13 bits per heavy atom. The molecule has 1 aromatic carbocycles. The monoisotopic (exact) mass is 429 g/mol. The van der Waals surface area contributed by atoms with Crippen LogP contribution in [0.1, 0.15) is 39.7 Å². The maximum Gasteiger partial charge on any atom is 0.257 e. The molecule has 1 aromatic rings. The van der Waals surface area contributed by atoms with Crippen molar-refractivity contribution in [2.75, 3.05) is 26.8 Å². The number of methoxy groups -OCH3 is 1. The van der Waals surface area contributed by atoms with Crippen molar-refractivity contribution in [1.82, 2.24) is 16.0 Å². The predicted octanol–water partition coefficient (Wildman–Crippen LogP) is 2.51. The van der Waals surface area contributed by atoms with E-state index >= 15 is 0 Å². The summed E-state index contributed by atoms with van der Waals surface area (Å²) >= 11 is 0. The van der Waals surface area contributed by atoms with Crippen LogP contribution in [0, 0.1) is 0 Å². The van der Waals surface area contributed by atoms with E-state index in [0.29, 0.717) is 31.0 Å². The van der Waals surface area contributed by atoms with E-state index in [9.17, 15) is 9.59 Å². The molecule has 0 saturated carbocycles. The van der Waals surface area contributed by atoms with Gasteiger partial charge in [0.2, 0.25) is 5.91 Å². The average molecular weight is 430 g/mol. The second kappa shape index (κ2) is 10.5. The maximum absolute atomic E-state index is 12.5. The van der Waals surface area contributed by atoms with Crippen molar-refractivity contribution in [2.24, 2.45) is 0 Å². The van der Waals surface area contributed by atoms with Crippen LogP contribution in [0.4, 0.5) is 0 Å². The largest absolute Gasteiger partial charge is 0.493 e. The molecule has 170 valence electrons. The zero-order chi connectivity index (χ0) is 23.1. The molecule has 0 bridgehead atoms. The van der Waals surface area contributed by atoms with Crippen molar-refractivity contribution in [3.8, 4) is 11.5 Å². The smallest absolute Gasteiger partial charge is 0.257 e. The standard InChI is InChI=1S/C24H35N3O4/c1-7-9-17-10-11-19(20(14-17)30-6)31-16-21(28)25-12-8-13-26-22(29)18-15-23(2,3)27-24(18,4)5/h7,10-11,14-15,27H,1,8-9,12-13,16H2,2-6H3,(H,25,28)(H,26,29). The highest BCUT2D eigenvalue weighted by Gasteiger charge is 2.39. The summed E-state index contributed by atoms with van der Waals surface area (Å²) in [5, 5.41) is 9.15. The van der Waals surface area contributed by atoms with Crippen LogP contribution in [0.25, 0.3) is 0 Å². The lowest BCUT2D eigenvalue weighted by Gasteiger charge is -2.27. The lowest BCUT2D eigenvalue weighted by molar-refractivity contribution is -0.123. The van der Waals surface area contributed by atoms with Crippen LogP contribution in [0.15, 0.2) is 42.5 Å². The molecule has 0 atom stereocenters. The van der Waals surface area contributed by atoms with Crippen LogP contribution >= 0.6 is 0 Å². The van der Waals surface area contributed by atoms with Gasteiger partial charge in [-0.1, -0.05) is 18.2 Å². The van der Waals surface area contributed by atoms with E-state index in [2.05, 4.69) is 22.5 Å². The summed E-state index contributed by atoms with van der Waals surface area (Å²) < 4.78 is 10.9. The molecule has 1 aliphatic rings. The minimum Gasteiger partial charge on any atom is -0.493 e. The molecule has 1 aliphatic heterocycles. The van der Waals surface area contributed by atoms with Crippen LogP contribution in [0.5, 0.6) is 11.5 Å². The molecule has 0 fully saturated rings. The lowest BCUT2D eigenvalue weighted by atomic mass is 9.96. The van der Waals surface area contributed by atoms with Crippen molar-refractivity contribution in [3.05, 3.63) is 48.1 Å². The molecule has 31 heavy (non-hydrogen) atoms. The molecule has 2 amide bonds. The van der Waals surface area contributed by atoms with Crippen molar-refractivity contribution in [1.29, 1.82) is 0 Å². The zero-order valence-corrected chi connectivity index (χ0v) is 19.3. The Labute approximate surface area is 185 Å². The van der Waals surface area contributed by atoms with Crippen molar-refractivity contribution in [3.63, 3.8) is 0 Å². The Morgan fingerprint density at radius 2 is 1.84 bits per heavy atom. The molecule has 0 radical (unpaired) electrons. The highest BCUT2D eigenvalue weighted by Crippen LogP contribution is 2.30. The summed E-state index contributed by atoms with van der Waals surface area (Å²) in [6.45, 7) is 12.6. The molecule has 2 rings (SSSR count). The molecule has 0 saturated heterocycles. The number of hydrogen-bond acceptors (Lipinski definition) is 5.